The van der Waals surface area contributed by atoms with E-state index in [-0.39, 0.29) is 0 Å². The van der Waals surface area contributed by atoms with Crippen molar-refractivity contribution in [3.63, 3.8) is 0 Å². The van der Waals surface area contributed by atoms with Crippen molar-refractivity contribution in [3.05, 3.63) is 23.7 Å². The first-order valence-electron chi connectivity index (χ1n) is 3.02. The quantitative estimate of drug-likeness (QED) is 0.442. The number of rotatable bonds is 1. The smallest absolute Gasteiger partial charge is 0.423 e. The van der Waals surface area contributed by atoms with Crippen LogP contribution in [-0.2, 0) is 0 Å². The lowest BCUT2D eigenvalue weighted by Crippen LogP contribution is -2.16. The van der Waals surface area contributed by atoms with Crippen LogP contribution in [0.25, 0.3) is 0 Å². The van der Waals surface area contributed by atoms with Crippen LogP contribution < -0.4 is 0 Å². The number of allylic oxidation sites excluding steroid dienone is 4. The predicted molar refractivity (Wildman–Crippen MR) is 39.8 cm³/mol. The van der Waals surface area contributed by atoms with Gasteiger partial charge in [0, 0.05) is 12.1 Å². The van der Waals surface area contributed by atoms with E-state index in [0.29, 0.717) is 17.6 Å². The maximum Gasteiger partial charge on any atom is 0.488 e. The third-order valence-corrected chi connectivity index (χ3v) is 1.33. The van der Waals surface area contributed by atoms with E-state index in [2.05, 4.69) is 0 Å². The Hall–Kier alpha value is -0.865. The van der Waals surface area contributed by atoms with Gasteiger partial charge in [-0.15, -0.1) is 0 Å². The van der Waals surface area contributed by atoms with E-state index in [9.17, 15) is 0 Å². The molecule has 1 aliphatic rings. The minimum absolute atomic E-state index is 0.469. The van der Waals surface area contributed by atoms with Gasteiger partial charge < -0.3 is 15.5 Å². The number of nitrogens with one attached hydrogen (secondary N) is 1. The van der Waals surface area contributed by atoms with Crippen LogP contribution in [0.4, 0.5) is 0 Å². The van der Waals surface area contributed by atoms with Gasteiger partial charge >= 0.3 is 7.12 Å². The maximum absolute atomic E-state index is 8.63. The molecule has 0 bridgehead atoms. The SMILES string of the molecule is N=C1C=CC(B(O)O)=CC1. The third kappa shape index (κ3) is 1.56. The second-order valence-electron chi connectivity index (χ2n) is 2.14. The van der Waals surface area contributed by atoms with Gasteiger partial charge in [0.1, 0.15) is 0 Å². The Labute approximate surface area is 59.3 Å². The van der Waals surface area contributed by atoms with Crippen molar-refractivity contribution in [2.45, 2.75) is 6.42 Å². The molecule has 10 heavy (non-hydrogen) atoms. The summed E-state index contributed by atoms with van der Waals surface area (Å²) in [7, 11) is -1.40. The molecule has 1 rings (SSSR count). The molecular weight excluding hydrogens is 129 g/mol. The Morgan fingerprint density at radius 1 is 1.40 bits per heavy atom. The highest BCUT2D eigenvalue weighted by atomic mass is 16.4. The largest absolute Gasteiger partial charge is 0.488 e. The zero-order valence-corrected chi connectivity index (χ0v) is 5.41. The Morgan fingerprint density at radius 2 is 2.10 bits per heavy atom. The van der Waals surface area contributed by atoms with Gasteiger partial charge in [-0.25, -0.2) is 0 Å². The van der Waals surface area contributed by atoms with E-state index in [1.807, 2.05) is 0 Å². The average Bonchev–Trinajstić information content (AvgIpc) is 1.88. The fraction of sp³-hybridized carbons (Fsp3) is 0.167. The van der Waals surface area contributed by atoms with Crippen LogP contribution in [0.3, 0.4) is 0 Å². The molecule has 1 aliphatic carbocycles. The summed E-state index contributed by atoms with van der Waals surface area (Å²) >= 11 is 0. The van der Waals surface area contributed by atoms with E-state index in [1.165, 1.54) is 6.08 Å². The molecule has 0 amide bonds. The summed E-state index contributed by atoms with van der Waals surface area (Å²) in [5.41, 5.74) is 0.959. The Kier molecular flexibility index (Phi) is 2.04. The summed E-state index contributed by atoms with van der Waals surface area (Å²) < 4.78 is 0. The first-order valence-corrected chi connectivity index (χ1v) is 3.02. The molecule has 0 radical (unpaired) electrons. The number of hydrogen-bond acceptors (Lipinski definition) is 3. The predicted octanol–water partition coefficient (Wildman–Crippen LogP) is -0.0955. The highest BCUT2D eigenvalue weighted by Gasteiger charge is 2.13. The van der Waals surface area contributed by atoms with E-state index < -0.39 is 7.12 Å². The molecule has 0 spiro atoms. The fourth-order valence-electron chi connectivity index (χ4n) is 0.752. The van der Waals surface area contributed by atoms with E-state index in [0.717, 1.165) is 0 Å². The highest BCUT2D eigenvalue weighted by Crippen LogP contribution is 2.07. The van der Waals surface area contributed by atoms with Gasteiger partial charge in [0.15, 0.2) is 0 Å². The van der Waals surface area contributed by atoms with Crippen LogP contribution in [0.1, 0.15) is 6.42 Å². The summed E-state index contributed by atoms with van der Waals surface area (Å²) in [5, 5.41) is 24.4. The molecule has 0 fully saturated rings. The van der Waals surface area contributed by atoms with Gasteiger partial charge in [-0.2, -0.15) is 0 Å². The Balaban J connectivity index is 2.67. The second kappa shape index (κ2) is 2.81. The van der Waals surface area contributed by atoms with E-state index in [4.69, 9.17) is 15.5 Å². The molecule has 0 heterocycles. The van der Waals surface area contributed by atoms with Crippen molar-refractivity contribution in [2.75, 3.05) is 0 Å². The molecule has 0 aromatic rings. The van der Waals surface area contributed by atoms with Gasteiger partial charge in [-0.3, -0.25) is 0 Å². The van der Waals surface area contributed by atoms with Crippen LogP contribution in [0, 0.1) is 5.41 Å². The number of hydrogen-bond donors (Lipinski definition) is 3. The van der Waals surface area contributed by atoms with Crippen molar-refractivity contribution in [3.8, 4) is 0 Å². The summed E-state index contributed by atoms with van der Waals surface area (Å²) in [6.07, 6.45) is 5.22. The molecule has 4 heteroatoms. The molecule has 0 saturated heterocycles. The average molecular weight is 137 g/mol. The van der Waals surface area contributed by atoms with E-state index >= 15 is 0 Å². The van der Waals surface area contributed by atoms with Crippen LogP contribution >= 0.6 is 0 Å². The maximum atomic E-state index is 8.63. The topological polar surface area (TPSA) is 64.3 Å². The van der Waals surface area contributed by atoms with Crippen molar-refractivity contribution < 1.29 is 10.0 Å². The van der Waals surface area contributed by atoms with Crippen molar-refractivity contribution in [1.29, 1.82) is 5.41 Å². The Bertz CT molecular complexity index is 208. The Morgan fingerprint density at radius 3 is 2.50 bits per heavy atom. The molecule has 3 N–H and O–H groups in total. The fourth-order valence-corrected chi connectivity index (χ4v) is 0.752. The van der Waals surface area contributed by atoms with Crippen LogP contribution in [0.15, 0.2) is 23.7 Å². The molecule has 0 aromatic heterocycles. The summed E-state index contributed by atoms with van der Waals surface area (Å²) in [6, 6.07) is 0. The van der Waals surface area contributed by atoms with Crippen LogP contribution in [0.2, 0.25) is 0 Å². The van der Waals surface area contributed by atoms with Gasteiger partial charge in [0.05, 0.1) is 0 Å². The molecule has 0 aliphatic heterocycles. The summed E-state index contributed by atoms with van der Waals surface area (Å²) in [5.74, 6) is 0. The van der Waals surface area contributed by atoms with Gasteiger partial charge in [-0.1, -0.05) is 12.2 Å². The van der Waals surface area contributed by atoms with Crippen molar-refractivity contribution in [1.82, 2.24) is 0 Å². The molecule has 0 aromatic carbocycles. The van der Waals surface area contributed by atoms with Crippen molar-refractivity contribution in [2.24, 2.45) is 0 Å². The monoisotopic (exact) mass is 137 g/mol. The minimum atomic E-state index is -1.40. The van der Waals surface area contributed by atoms with Gasteiger partial charge in [0.25, 0.3) is 0 Å². The molecule has 0 saturated carbocycles. The lowest BCUT2D eigenvalue weighted by molar-refractivity contribution is 0.420. The zero-order valence-electron chi connectivity index (χ0n) is 5.41. The zero-order chi connectivity index (χ0) is 7.56. The molecule has 0 unspecified atom stereocenters. The normalized spacial score (nSPS) is 17.0. The van der Waals surface area contributed by atoms with Crippen LogP contribution in [-0.4, -0.2) is 22.9 Å². The molecular formula is C6H8BNO2. The third-order valence-electron chi connectivity index (χ3n) is 1.33. The lowest BCUT2D eigenvalue weighted by atomic mass is 9.76. The van der Waals surface area contributed by atoms with Gasteiger partial charge in [0.2, 0.25) is 0 Å². The second-order valence-corrected chi connectivity index (χ2v) is 2.14. The minimum Gasteiger partial charge on any atom is -0.423 e. The summed E-state index contributed by atoms with van der Waals surface area (Å²) in [6.45, 7) is 0. The first-order chi connectivity index (χ1) is 4.70. The van der Waals surface area contributed by atoms with E-state index in [1.54, 1.807) is 12.2 Å². The highest BCUT2D eigenvalue weighted by molar-refractivity contribution is 6.52. The first kappa shape index (κ1) is 7.24. The standard InChI is InChI=1S/C6H8BNO2/c8-6-3-1-5(2-4-6)7(9)10/h1-3,8-10H,4H2. The molecule has 0 atom stereocenters. The molecule has 3 nitrogen and oxygen atoms in total. The molecule has 52 valence electrons. The van der Waals surface area contributed by atoms with Crippen LogP contribution in [0.5, 0.6) is 0 Å². The lowest BCUT2D eigenvalue weighted by Gasteiger charge is -2.04. The summed E-state index contributed by atoms with van der Waals surface area (Å²) in [4.78, 5) is 0. The van der Waals surface area contributed by atoms with Crippen molar-refractivity contribution >= 4 is 12.8 Å². The van der Waals surface area contributed by atoms with Gasteiger partial charge in [-0.05, 0) is 11.5 Å².